The molecule has 1 rings (SSSR count). The highest BCUT2D eigenvalue weighted by Crippen LogP contribution is 2.28. The molecule has 1 aromatic carbocycles. The van der Waals surface area contributed by atoms with Crippen LogP contribution in [0, 0.1) is 0 Å². The Balaban J connectivity index is 3.50. The molecule has 4 nitrogen and oxygen atoms in total. The average Bonchev–Trinajstić information content (AvgIpc) is 2.41. The Hall–Kier alpha value is -0.560. The first-order chi connectivity index (χ1) is 9.72. The first-order valence-corrected chi connectivity index (χ1v) is 10.3. The Morgan fingerprint density at radius 3 is 2.38 bits per heavy atom. The Labute approximate surface area is 134 Å². The van der Waals surface area contributed by atoms with E-state index >= 15 is 0 Å². The van der Waals surface area contributed by atoms with Gasteiger partial charge in [0.2, 0.25) is 0 Å². The molecule has 1 atom stereocenters. The van der Waals surface area contributed by atoms with Crippen LogP contribution in [0.15, 0.2) is 21.9 Å². The molecule has 1 aromatic rings. The summed E-state index contributed by atoms with van der Waals surface area (Å²) in [4.78, 5) is 11.6. The molecule has 0 radical (unpaired) electrons. The highest BCUT2D eigenvalue weighted by molar-refractivity contribution is 7.94. The van der Waals surface area contributed by atoms with Crippen LogP contribution < -0.4 is 0 Å². The molecule has 0 aliphatic rings. The highest BCUT2D eigenvalue weighted by Gasteiger charge is 2.26. The van der Waals surface area contributed by atoms with Gasteiger partial charge in [-0.1, -0.05) is 20.3 Å². The van der Waals surface area contributed by atoms with E-state index in [9.17, 15) is 17.8 Å². The lowest BCUT2D eigenvalue weighted by atomic mass is 10.1. The second kappa shape index (κ2) is 7.63. The van der Waals surface area contributed by atoms with Gasteiger partial charge >= 0.3 is 0 Å². The number of carbonyl (C=O) groups excluding carboxylic acids is 1. The Morgan fingerprint density at radius 2 is 1.95 bits per heavy atom. The van der Waals surface area contributed by atoms with Crippen LogP contribution in [0.3, 0.4) is 0 Å². The molecule has 0 aromatic heterocycles. The van der Waals surface area contributed by atoms with Crippen LogP contribution in [0.4, 0.5) is 0 Å². The molecule has 0 saturated heterocycles. The highest BCUT2D eigenvalue weighted by atomic mass is 35.5. The van der Waals surface area contributed by atoms with Gasteiger partial charge in [-0.05, 0) is 53.3 Å². The number of benzene rings is 1. The predicted octanol–water partition coefficient (Wildman–Crippen LogP) is 2.94. The van der Waals surface area contributed by atoms with Gasteiger partial charge in [0, 0.05) is 11.8 Å². The van der Waals surface area contributed by atoms with E-state index < -0.39 is 26.3 Å². The predicted molar refractivity (Wildman–Crippen MR) is 85.3 cm³/mol. The molecule has 0 aliphatic heterocycles. The maximum absolute atomic E-state index is 12.3. The fourth-order valence-corrected chi connectivity index (χ4v) is 4.92. The average molecular weight is 351 g/mol. The van der Waals surface area contributed by atoms with Gasteiger partial charge in [0.25, 0.3) is 5.24 Å². The first-order valence-electron chi connectivity index (χ1n) is 6.67. The van der Waals surface area contributed by atoms with Crippen LogP contribution in [-0.2, 0) is 27.4 Å². The van der Waals surface area contributed by atoms with Crippen molar-refractivity contribution >= 4 is 37.9 Å². The van der Waals surface area contributed by atoms with E-state index in [0.717, 1.165) is 19.1 Å². The van der Waals surface area contributed by atoms with Crippen molar-refractivity contribution in [1.29, 1.82) is 0 Å². The standard InChI is InChI=1S/C14H19ClO4S2/c1-4-6-7-20(17)12-8-10(5-2)11(14(15)16)9-13(12)21(3,18)19/h8-9H,4-7H2,1-3H3. The molecule has 0 fully saturated rings. The maximum atomic E-state index is 12.3. The summed E-state index contributed by atoms with van der Waals surface area (Å²) in [6.45, 7) is 3.80. The van der Waals surface area contributed by atoms with Crippen molar-refractivity contribution in [3.8, 4) is 0 Å². The molecule has 0 heterocycles. The van der Waals surface area contributed by atoms with E-state index in [-0.39, 0.29) is 15.4 Å². The summed E-state index contributed by atoms with van der Waals surface area (Å²) in [5.74, 6) is 0.399. The van der Waals surface area contributed by atoms with E-state index in [1.165, 1.54) is 12.1 Å². The first kappa shape index (κ1) is 18.5. The lowest BCUT2D eigenvalue weighted by molar-refractivity contribution is 0.108. The van der Waals surface area contributed by atoms with Crippen LogP contribution in [0.5, 0.6) is 0 Å². The number of carbonyl (C=O) groups is 1. The van der Waals surface area contributed by atoms with Crippen molar-refractivity contribution in [2.75, 3.05) is 12.0 Å². The largest absolute Gasteiger partial charge is 0.611 e. The zero-order valence-corrected chi connectivity index (χ0v) is 14.7. The molecule has 0 amide bonds. The molecule has 0 saturated carbocycles. The second-order valence-electron chi connectivity index (χ2n) is 4.76. The molecule has 0 spiro atoms. The monoisotopic (exact) mass is 350 g/mol. The van der Waals surface area contributed by atoms with Crippen molar-refractivity contribution in [1.82, 2.24) is 0 Å². The normalized spacial score (nSPS) is 13.2. The van der Waals surface area contributed by atoms with Gasteiger partial charge in [0.05, 0.1) is 0 Å². The van der Waals surface area contributed by atoms with Crippen LogP contribution in [0.2, 0.25) is 0 Å². The van der Waals surface area contributed by atoms with Crippen LogP contribution in [0.1, 0.15) is 42.6 Å². The molecule has 7 heteroatoms. The van der Waals surface area contributed by atoms with Crippen LogP contribution in [-0.4, -0.2) is 30.2 Å². The topological polar surface area (TPSA) is 74.3 Å². The summed E-state index contributed by atoms with van der Waals surface area (Å²) in [5.41, 5.74) is 0.776. The van der Waals surface area contributed by atoms with Crippen LogP contribution in [0.25, 0.3) is 0 Å². The molecule has 118 valence electrons. The van der Waals surface area contributed by atoms with E-state index in [0.29, 0.717) is 17.7 Å². The summed E-state index contributed by atoms with van der Waals surface area (Å²) in [7, 11) is -3.59. The maximum Gasteiger partial charge on any atom is 0.252 e. The molecular weight excluding hydrogens is 332 g/mol. The summed E-state index contributed by atoms with van der Waals surface area (Å²) < 4.78 is 36.2. The van der Waals surface area contributed by atoms with Gasteiger partial charge in [-0.3, -0.25) is 4.79 Å². The number of aryl methyl sites for hydroxylation is 1. The quantitative estimate of drug-likeness (QED) is 0.559. The third-order valence-electron chi connectivity index (χ3n) is 3.09. The van der Waals surface area contributed by atoms with Crippen molar-refractivity contribution < 1.29 is 17.8 Å². The van der Waals surface area contributed by atoms with Gasteiger partial charge in [-0.15, -0.1) is 0 Å². The number of rotatable bonds is 7. The second-order valence-corrected chi connectivity index (χ2v) is 8.63. The number of unbranched alkanes of at least 4 members (excludes halogenated alkanes) is 1. The minimum atomic E-state index is -3.59. The van der Waals surface area contributed by atoms with E-state index in [1.807, 2.05) is 13.8 Å². The zero-order chi connectivity index (χ0) is 16.2. The zero-order valence-electron chi connectivity index (χ0n) is 12.3. The summed E-state index contributed by atoms with van der Waals surface area (Å²) >= 11 is 4.11. The molecule has 21 heavy (non-hydrogen) atoms. The van der Waals surface area contributed by atoms with Gasteiger partial charge < -0.3 is 4.55 Å². The Bertz CT molecular complexity index is 626. The van der Waals surface area contributed by atoms with Crippen LogP contribution >= 0.6 is 11.6 Å². The molecule has 0 aliphatic carbocycles. The van der Waals surface area contributed by atoms with E-state index in [1.54, 1.807) is 0 Å². The van der Waals surface area contributed by atoms with Gasteiger partial charge in [0.1, 0.15) is 10.6 Å². The van der Waals surface area contributed by atoms with E-state index in [2.05, 4.69) is 0 Å². The summed E-state index contributed by atoms with van der Waals surface area (Å²) in [6.07, 6.45) is 3.17. The minimum absolute atomic E-state index is 0.0712. The van der Waals surface area contributed by atoms with Crippen molar-refractivity contribution in [3.05, 3.63) is 23.3 Å². The van der Waals surface area contributed by atoms with Crippen molar-refractivity contribution in [2.24, 2.45) is 0 Å². The van der Waals surface area contributed by atoms with Crippen molar-refractivity contribution in [2.45, 2.75) is 42.9 Å². The van der Waals surface area contributed by atoms with Gasteiger partial charge in [-0.2, -0.15) is 0 Å². The molecule has 0 bridgehead atoms. The summed E-state index contributed by atoms with van der Waals surface area (Å²) in [5, 5.41) is -0.706. The Morgan fingerprint density at radius 1 is 1.33 bits per heavy atom. The fourth-order valence-electron chi connectivity index (χ4n) is 1.93. The smallest absolute Gasteiger partial charge is 0.252 e. The summed E-state index contributed by atoms with van der Waals surface area (Å²) in [6, 6.07) is 2.79. The van der Waals surface area contributed by atoms with E-state index in [4.69, 9.17) is 11.6 Å². The lowest BCUT2D eigenvalue weighted by Crippen LogP contribution is -2.14. The number of hydrogen-bond donors (Lipinski definition) is 0. The number of hydrogen-bond acceptors (Lipinski definition) is 4. The minimum Gasteiger partial charge on any atom is -0.611 e. The fraction of sp³-hybridized carbons (Fsp3) is 0.500. The third-order valence-corrected chi connectivity index (χ3v) is 6.05. The number of halogens is 1. The molecule has 1 unspecified atom stereocenters. The number of sulfone groups is 1. The molecular formula is C14H19ClO4S2. The SMILES string of the molecule is CCCC[S+]([O-])c1cc(CC)c(C(=O)Cl)cc1S(C)(=O)=O. The van der Waals surface area contributed by atoms with Gasteiger partial charge in [0.15, 0.2) is 14.7 Å². The molecule has 0 N–H and O–H groups in total. The Kier molecular flexibility index (Phi) is 6.71. The van der Waals surface area contributed by atoms with Gasteiger partial charge in [-0.25, -0.2) is 8.42 Å². The van der Waals surface area contributed by atoms with Crippen molar-refractivity contribution in [3.63, 3.8) is 0 Å². The lowest BCUT2D eigenvalue weighted by Gasteiger charge is -2.16. The third kappa shape index (κ3) is 4.71.